The van der Waals surface area contributed by atoms with Gasteiger partial charge in [0.1, 0.15) is 0 Å². The molecule has 9 rings (SSSR count). The molecule has 0 aliphatic rings. The number of aromatic nitrogens is 3. The van der Waals surface area contributed by atoms with Gasteiger partial charge in [-0.3, -0.25) is 4.40 Å². The van der Waals surface area contributed by atoms with Crippen molar-refractivity contribution in [2.75, 3.05) is 0 Å². The number of furan rings is 1. The Morgan fingerprint density at radius 1 is 0.559 bits per heavy atom. The molecular formula is C30H17N3O. The molecule has 0 saturated carbocycles. The van der Waals surface area contributed by atoms with E-state index in [1.54, 1.807) is 0 Å². The third-order valence-corrected chi connectivity index (χ3v) is 7.46. The van der Waals surface area contributed by atoms with Crippen LogP contribution >= 0.6 is 0 Å². The van der Waals surface area contributed by atoms with Gasteiger partial charge in [0.25, 0.3) is 0 Å². The summed E-state index contributed by atoms with van der Waals surface area (Å²) in [6.45, 7) is 0. The van der Waals surface area contributed by atoms with Crippen molar-refractivity contribution in [3.8, 4) is 5.69 Å². The van der Waals surface area contributed by atoms with E-state index in [-0.39, 0.29) is 0 Å². The van der Waals surface area contributed by atoms with Gasteiger partial charge in [0, 0.05) is 43.7 Å². The predicted octanol–water partition coefficient (Wildman–Crippen LogP) is 8.01. The number of nitrogens with zero attached hydrogens (tertiary/aromatic N) is 2. The van der Waals surface area contributed by atoms with Crippen LogP contribution in [-0.4, -0.2) is 14.0 Å². The van der Waals surface area contributed by atoms with Crippen LogP contribution < -0.4 is 0 Å². The van der Waals surface area contributed by atoms with E-state index in [0.29, 0.717) is 0 Å². The molecule has 0 bridgehead atoms. The summed E-state index contributed by atoms with van der Waals surface area (Å²) < 4.78 is 11.0. The molecule has 5 aromatic heterocycles. The Hall–Kier alpha value is -4.70. The SMILES string of the molecule is c1ccc(-n2c3ccccc3c3c2c2ccc4[nH]c5cccc6c7ccoc7n3c2c4c56)cc1. The first kappa shape index (κ1) is 16.9. The first-order valence-electron chi connectivity index (χ1n) is 11.5. The molecule has 0 spiro atoms. The smallest absolute Gasteiger partial charge is 0.212 e. The Bertz CT molecular complexity index is 2220. The van der Waals surface area contributed by atoms with Crippen LogP contribution in [0, 0.1) is 0 Å². The van der Waals surface area contributed by atoms with Gasteiger partial charge in [0.15, 0.2) is 0 Å². The fraction of sp³-hybridized carbons (Fsp3) is 0. The molecule has 4 aromatic carbocycles. The first-order valence-corrected chi connectivity index (χ1v) is 11.5. The lowest BCUT2D eigenvalue weighted by molar-refractivity contribution is 0.600. The fourth-order valence-electron chi connectivity index (χ4n) is 6.20. The van der Waals surface area contributed by atoms with E-state index in [9.17, 15) is 0 Å². The van der Waals surface area contributed by atoms with Crippen molar-refractivity contribution in [2.24, 2.45) is 0 Å². The molecule has 0 amide bonds. The number of fused-ring (bicyclic) bond motifs is 8. The number of rotatable bonds is 1. The Morgan fingerprint density at radius 3 is 2.32 bits per heavy atom. The van der Waals surface area contributed by atoms with Crippen LogP contribution in [-0.2, 0) is 0 Å². The summed E-state index contributed by atoms with van der Waals surface area (Å²) in [5, 5.41) is 7.30. The minimum Gasteiger partial charge on any atom is -0.447 e. The Kier molecular flexibility index (Phi) is 2.78. The van der Waals surface area contributed by atoms with Gasteiger partial charge in [-0.15, -0.1) is 0 Å². The highest BCUT2D eigenvalue weighted by Crippen LogP contribution is 2.46. The molecule has 5 heterocycles. The molecule has 0 aliphatic heterocycles. The van der Waals surface area contributed by atoms with Crippen LogP contribution in [0.5, 0.6) is 0 Å². The molecule has 9 aromatic rings. The largest absolute Gasteiger partial charge is 0.447 e. The van der Waals surface area contributed by atoms with E-state index < -0.39 is 0 Å². The van der Waals surface area contributed by atoms with E-state index in [1.165, 1.54) is 49.0 Å². The molecule has 1 N–H and O–H groups in total. The van der Waals surface area contributed by atoms with Gasteiger partial charge in [-0.1, -0.05) is 48.5 Å². The minimum absolute atomic E-state index is 0.882. The summed E-state index contributed by atoms with van der Waals surface area (Å²) in [7, 11) is 0. The molecule has 0 aliphatic carbocycles. The maximum Gasteiger partial charge on any atom is 0.212 e. The van der Waals surface area contributed by atoms with Crippen LogP contribution in [0.3, 0.4) is 0 Å². The summed E-state index contributed by atoms with van der Waals surface area (Å²) in [6.07, 6.45) is 1.81. The second kappa shape index (κ2) is 5.61. The molecule has 0 radical (unpaired) electrons. The lowest BCUT2D eigenvalue weighted by Crippen LogP contribution is -1.92. The second-order valence-electron chi connectivity index (χ2n) is 9.10. The van der Waals surface area contributed by atoms with Crippen molar-refractivity contribution in [3.05, 3.63) is 97.3 Å². The first-order chi connectivity index (χ1) is 16.9. The van der Waals surface area contributed by atoms with Crippen molar-refractivity contribution >= 4 is 71.1 Å². The van der Waals surface area contributed by atoms with E-state index in [4.69, 9.17) is 4.42 Å². The summed E-state index contributed by atoms with van der Waals surface area (Å²) in [4.78, 5) is 3.66. The molecule has 34 heavy (non-hydrogen) atoms. The van der Waals surface area contributed by atoms with Gasteiger partial charge in [0.05, 0.1) is 28.3 Å². The minimum atomic E-state index is 0.882. The van der Waals surface area contributed by atoms with E-state index in [0.717, 1.165) is 27.8 Å². The standard InChI is InChI=1S/C30H17N3O/c1-2-7-17(8-3-1)32-24-12-5-4-9-20(24)28-29(32)21-13-14-23-26-25-18(10-6-11-22(25)31-23)19-15-16-34-30(19)33(28)27(21)26/h1-16,31H. The van der Waals surface area contributed by atoms with E-state index in [1.807, 2.05) is 6.26 Å². The average Bonchev–Trinajstić information content (AvgIpc) is 3.62. The zero-order chi connectivity index (χ0) is 22.0. The average molecular weight is 435 g/mol. The van der Waals surface area contributed by atoms with Gasteiger partial charge in [-0.05, 0) is 47.9 Å². The second-order valence-corrected chi connectivity index (χ2v) is 9.10. The zero-order valence-electron chi connectivity index (χ0n) is 18.0. The maximum atomic E-state index is 6.26. The quantitative estimate of drug-likeness (QED) is 0.279. The van der Waals surface area contributed by atoms with Gasteiger partial charge in [0.2, 0.25) is 5.71 Å². The van der Waals surface area contributed by atoms with Crippen LogP contribution in [0.15, 0.2) is 102 Å². The van der Waals surface area contributed by atoms with Crippen LogP contribution in [0.2, 0.25) is 0 Å². The number of hydrogen-bond donors (Lipinski definition) is 1. The normalized spacial score (nSPS) is 12.7. The Balaban J connectivity index is 1.73. The third kappa shape index (κ3) is 1.77. The van der Waals surface area contributed by atoms with Crippen molar-refractivity contribution in [1.29, 1.82) is 0 Å². The summed E-state index contributed by atoms with van der Waals surface area (Å²) in [6, 6.07) is 32.4. The van der Waals surface area contributed by atoms with Crippen LogP contribution in [0.4, 0.5) is 0 Å². The van der Waals surface area contributed by atoms with Gasteiger partial charge in [-0.2, -0.15) is 0 Å². The number of H-pyrrole nitrogens is 1. The van der Waals surface area contributed by atoms with Crippen LogP contribution in [0.1, 0.15) is 0 Å². The molecule has 0 fully saturated rings. The number of hydrogen-bond acceptors (Lipinski definition) is 1. The van der Waals surface area contributed by atoms with Gasteiger partial charge in [-0.25, -0.2) is 0 Å². The maximum absolute atomic E-state index is 6.26. The van der Waals surface area contributed by atoms with Crippen molar-refractivity contribution in [1.82, 2.24) is 14.0 Å². The molecule has 4 nitrogen and oxygen atoms in total. The number of aromatic amines is 1. The van der Waals surface area contributed by atoms with Crippen molar-refractivity contribution < 1.29 is 4.42 Å². The summed E-state index contributed by atoms with van der Waals surface area (Å²) in [5.41, 5.74) is 9.13. The molecule has 0 saturated heterocycles. The predicted molar refractivity (Wildman–Crippen MR) is 140 cm³/mol. The van der Waals surface area contributed by atoms with Crippen molar-refractivity contribution in [2.45, 2.75) is 0 Å². The summed E-state index contributed by atoms with van der Waals surface area (Å²) in [5.74, 6) is 0. The molecular weight excluding hydrogens is 418 g/mol. The highest BCUT2D eigenvalue weighted by atomic mass is 16.3. The number of nitrogens with one attached hydrogen (secondary N) is 1. The molecule has 0 unspecified atom stereocenters. The van der Waals surface area contributed by atoms with E-state index in [2.05, 4.69) is 105 Å². The van der Waals surface area contributed by atoms with Crippen LogP contribution in [0.25, 0.3) is 76.8 Å². The highest BCUT2D eigenvalue weighted by Gasteiger charge is 2.25. The Labute approximate surface area is 192 Å². The lowest BCUT2D eigenvalue weighted by atomic mass is 10.1. The Morgan fingerprint density at radius 2 is 1.38 bits per heavy atom. The zero-order valence-corrected chi connectivity index (χ0v) is 18.0. The topological polar surface area (TPSA) is 38.3 Å². The number of benzene rings is 4. The highest BCUT2D eigenvalue weighted by molar-refractivity contribution is 6.33. The molecule has 0 atom stereocenters. The monoisotopic (exact) mass is 435 g/mol. The molecule has 158 valence electrons. The number of para-hydroxylation sites is 2. The molecule has 4 heteroatoms. The lowest BCUT2D eigenvalue weighted by Gasteiger charge is -2.07. The van der Waals surface area contributed by atoms with Gasteiger partial charge >= 0.3 is 0 Å². The summed E-state index contributed by atoms with van der Waals surface area (Å²) >= 11 is 0. The van der Waals surface area contributed by atoms with E-state index >= 15 is 0 Å². The third-order valence-electron chi connectivity index (χ3n) is 7.46. The van der Waals surface area contributed by atoms with Crippen molar-refractivity contribution in [3.63, 3.8) is 0 Å². The van der Waals surface area contributed by atoms with Gasteiger partial charge < -0.3 is 14.0 Å². The fourth-order valence-corrected chi connectivity index (χ4v) is 6.20.